The Kier molecular flexibility index (Phi) is 6.68. The number of benzene rings is 1. The number of nitrogens with zero attached hydrogens (tertiary/aromatic N) is 2. The molecule has 0 saturated carbocycles. The number of aliphatic imine (C=N–C) groups is 1. The van der Waals surface area contributed by atoms with Crippen LogP contribution in [0.2, 0.25) is 0 Å². The molecule has 0 aliphatic carbocycles. The number of rotatable bonds is 6. The van der Waals surface area contributed by atoms with Crippen molar-refractivity contribution in [1.29, 1.82) is 0 Å². The summed E-state index contributed by atoms with van der Waals surface area (Å²) in [5, 5.41) is 6.56. The Morgan fingerprint density at radius 2 is 1.96 bits per heavy atom. The Balaban J connectivity index is 1.55. The molecule has 0 amide bonds. The molecule has 0 radical (unpaired) electrons. The van der Waals surface area contributed by atoms with E-state index in [1.54, 1.807) is 6.26 Å². The molecule has 1 saturated heterocycles. The number of hydrogen-bond acceptors (Lipinski definition) is 4. The van der Waals surface area contributed by atoms with Gasteiger partial charge in [0.05, 0.1) is 19.4 Å². The summed E-state index contributed by atoms with van der Waals surface area (Å²) in [4.78, 5) is 7.12. The van der Waals surface area contributed by atoms with E-state index in [1.165, 1.54) is 22.8 Å². The highest BCUT2D eigenvalue weighted by atomic mass is 32.2. The lowest BCUT2D eigenvalue weighted by atomic mass is 10.2. The molecule has 6 heteroatoms. The first kappa shape index (κ1) is 17.7. The first-order valence-corrected chi connectivity index (χ1v) is 9.97. The number of anilines is 1. The van der Waals surface area contributed by atoms with Crippen molar-refractivity contribution < 1.29 is 4.42 Å². The van der Waals surface area contributed by atoms with Crippen LogP contribution in [-0.4, -0.2) is 37.1 Å². The van der Waals surface area contributed by atoms with Gasteiger partial charge in [-0.2, -0.15) is 11.8 Å². The van der Waals surface area contributed by atoms with Crippen molar-refractivity contribution >= 4 is 23.4 Å². The first-order chi connectivity index (χ1) is 12.3. The van der Waals surface area contributed by atoms with Crippen molar-refractivity contribution in [1.82, 2.24) is 10.6 Å². The number of hydrogen-bond donors (Lipinski definition) is 2. The SMILES string of the molecule is CCNC(=NCc1ccc(N2CCSCC2)cc1)NCc1ccco1. The van der Waals surface area contributed by atoms with Crippen LogP contribution in [0.3, 0.4) is 0 Å². The van der Waals surface area contributed by atoms with Crippen LogP contribution in [0.15, 0.2) is 52.1 Å². The van der Waals surface area contributed by atoms with Crippen molar-refractivity contribution in [2.24, 2.45) is 4.99 Å². The summed E-state index contributed by atoms with van der Waals surface area (Å²) in [6, 6.07) is 12.6. The number of thioether (sulfide) groups is 1. The molecule has 0 bridgehead atoms. The molecule has 2 aromatic rings. The van der Waals surface area contributed by atoms with Gasteiger partial charge in [-0.05, 0) is 36.8 Å². The molecule has 1 aromatic heterocycles. The zero-order chi connectivity index (χ0) is 17.3. The Bertz CT molecular complexity index is 649. The molecule has 134 valence electrons. The van der Waals surface area contributed by atoms with E-state index in [2.05, 4.69) is 51.7 Å². The topological polar surface area (TPSA) is 52.8 Å². The molecule has 25 heavy (non-hydrogen) atoms. The van der Waals surface area contributed by atoms with Crippen LogP contribution in [0, 0.1) is 0 Å². The maximum absolute atomic E-state index is 5.34. The van der Waals surface area contributed by atoms with Gasteiger partial charge in [0.15, 0.2) is 5.96 Å². The van der Waals surface area contributed by atoms with Crippen molar-refractivity contribution in [2.45, 2.75) is 20.0 Å². The average Bonchev–Trinajstić information content (AvgIpc) is 3.19. The lowest BCUT2D eigenvalue weighted by molar-refractivity contribution is 0.501. The lowest BCUT2D eigenvalue weighted by Gasteiger charge is -2.28. The van der Waals surface area contributed by atoms with Crippen molar-refractivity contribution in [2.75, 3.05) is 36.0 Å². The van der Waals surface area contributed by atoms with Crippen molar-refractivity contribution in [3.63, 3.8) is 0 Å². The van der Waals surface area contributed by atoms with Gasteiger partial charge in [0.2, 0.25) is 0 Å². The average molecular weight is 359 g/mol. The first-order valence-electron chi connectivity index (χ1n) is 8.81. The van der Waals surface area contributed by atoms with E-state index in [0.717, 1.165) is 31.4 Å². The second-order valence-electron chi connectivity index (χ2n) is 5.89. The maximum Gasteiger partial charge on any atom is 0.191 e. The highest BCUT2D eigenvalue weighted by molar-refractivity contribution is 7.99. The summed E-state index contributed by atoms with van der Waals surface area (Å²) in [5.41, 5.74) is 2.53. The predicted molar refractivity (Wildman–Crippen MR) is 106 cm³/mol. The van der Waals surface area contributed by atoms with Gasteiger partial charge in [0, 0.05) is 36.8 Å². The second kappa shape index (κ2) is 9.42. The van der Waals surface area contributed by atoms with Gasteiger partial charge in [-0.1, -0.05) is 12.1 Å². The van der Waals surface area contributed by atoms with Crippen molar-refractivity contribution in [3.05, 3.63) is 54.0 Å². The van der Waals surface area contributed by atoms with Crippen LogP contribution in [0.5, 0.6) is 0 Å². The minimum atomic E-state index is 0.630. The van der Waals surface area contributed by atoms with Gasteiger partial charge >= 0.3 is 0 Å². The Morgan fingerprint density at radius 1 is 1.16 bits per heavy atom. The minimum Gasteiger partial charge on any atom is -0.467 e. The fourth-order valence-electron chi connectivity index (χ4n) is 2.73. The van der Waals surface area contributed by atoms with Crippen LogP contribution in [0.4, 0.5) is 5.69 Å². The predicted octanol–water partition coefficient (Wildman–Crippen LogP) is 3.09. The summed E-state index contributed by atoms with van der Waals surface area (Å²) < 4.78 is 5.34. The fourth-order valence-corrected chi connectivity index (χ4v) is 3.63. The van der Waals surface area contributed by atoms with Crippen LogP contribution in [0.25, 0.3) is 0 Å². The number of furan rings is 1. The standard InChI is InChI=1S/C19H26N4OS/c1-2-20-19(22-15-18-4-3-11-24-18)21-14-16-5-7-17(8-6-16)23-9-12-25-13-10-23/h3-8,11H,2,9-10,12-15H2,1H3,(H2,20,21,22). The number of guanidine groups is 1. The van der Waals surface area contributed by atoms with E-state index in [0.29, 0.717) is 13.1 Å². The highest BCUT2D eigenvalue weighted by Crippen LogP contribution is 2.20. The quantitative estimate of drug-likeness (QED) is 0.614. The van der Waals surface area contributed by atoms with E-state index in [9.17, 15) is 0 Å². The molecule has 3 rings (SSSR count). The third-order valence-corrected chi connectivity index (χ3v) is 5.03. The molecule has 1 aromatic carbocycles. The highest BCUT2D eigenvalue weighted by Gasteiger charge is 2.10. The summed E-state index contributed by atoms with van der Waals surface area (Å²) >= 11 is 2.04. The molecule has 0 atom stereocenters. The molecule has 1 aliphatic rings. The minimum absolute atomic E-state index is 0.630. The van der Waals surface area contributed by atoms with Crippen LogP contribution in [0.1, 0.15) is 18.2 Å². The van der Waals surface area contributed by atoms with Gasteiger partial charge in [-0.25, -0.2) is 4.99 Å². The van der Waals surface area contributed by atoms with Gasteiger partial charge in [0.25, 0.3) is 0 Å². The molecule has 0 spiro atoms. The third-order valence-electron chi connectivity index (χ3n) is 4.09. The lowest BCUT2D eigenvalue weighted by Crippen LogP contribution is -2.36. The summed E-state index contributed by atoms with van der Waals surface area (Å²) in [5.74, 6) is 4.14. The van der Waals surface area contributed by atoms with Gasteiger partial charge in [-0.15, -0.1) is 0 Å². The van der Waals surface area contributed by atoms with E-state index >= 15 is 0 Å². The maximum atomic E-state index is 5.34. The monoisotopic (exact) mass is 358 g/mol. The molecular weight excluding hydrogens is 332 g/mol. The normalized spacial score (nSPS) is 15.2. The molecule has 1 aliphatic heterocycles. The van der Waals surface area contributed by atoms with E-state index < -0.39 is 0 Å². The molecule has 0 unspecified atom stereocenters. The van der Waals surface area contributed by atoms with E-state index in [-0.39, 0.29) is 0 Å². The Labute approximate surface area is 153 Å². The van der Waals surface area contributed by atoms with Gasteiger partial charge in [0.1, 0.15) is 5.76 Å². The summed E-state index contributed by atoms with van der Waals surface area (Å²) in [6.07, 6.45) is 1.68. The summed E-state index contributed by atoms with van der Waals surface area (Å²) in [6.45, 7) is 6.47. The zero-order valence-electron chi connectivity index (χ0n) is 14.7. The largest absolute Gasteiger partial charge is 0.467 e. The number of nitrogens with one attached hydrogen (secondary N) is 2. The second-order valence-corrected chi connectivity index (χ2v) is 7.12. The molecule has 2 heterocycles. The van der Waals surface area contributed by atoms with Gasteiger partial charge in [-0.3, -0.25) is 0 Å². The van der Waals surface area contributed by atoms with Crippen molar-refractivity contribution in [3.8, 4) is 0 Å². The molecule has 1 fully saturated rings. The van der Waals surface area contributed by atoms with Gasteiger partial charge < -0.3 is 20.0 Å². The molecular formula is C19H26N4OS. The van der Waals surface area contributed by atoms with E-state index in [1.807, 2.05) is 23.9 Å². The Hall–Kier alpha value is -2.08. The van der Waals surface area contributed by atoms with Crippen LogP contribution >= 0.6 is 11.8 Å². The Morgan fingerprint density at radius 3 is 2.64 bits per heavy atom. The third kappa shape index (κ3) is 5.46. The molecule has 5 nitrogen and oxygen atoms in total. The van der Waals surface area contributed by atoms with Crippen LogP contribution in [-0.2, 0) is 13.1 Å². The van der Waals surface area contributed by atoms with E-state index in [4.69, 9.17) is 4.42 Å². The summed E-state index contributed by atoms with van der Waals surface area (Å²) in [7, 11) is 0. The zero-order valence-corrected chi connectivity index (χ0v) is 15.5. The fraction of sp³-hybridized carbons (Fsp3) is 0.421. The smallest absolute Gasteiger partial charge is 0.191 e. The van der Waals surface area contributed by atoms with Crippen LogP contribution < -0.4 is 15.5 Å². The molecule has 2 N–H and O–H groups in total.